The van der Waals surface area contributed by atoms with Gasteiger partial charge in [-0.15, -0.1) is 5.10 Å². The van der Waals surface area contributed by atoms with Crippen LogP contribution in [0.3, 0.4) is 0 Å². The molecule has 0 amide bonds. The maximum absolute atomic E-state index is 15.3. The van der Waals surface area contributed by atoms with Crippen molar-refractivity contribution in [2.75, 3.05) is 0 Å². The number of fused-ring (bicyclic) bond motifs is 4. The van der Waals surface area contributed by atoms with E-state index in [1.54, 1.807) is 27.6 Å². The first kappa shape index (κ1) is 23.4. The van der Waals surface area contributed by atoms with Gasteiger partial charge in [0.05, 0.1) is 17.4 Å². The molecule has 5 heterocycles. The molecule has 1 fully saturated rings. The Morgan fingerprint density at radius 2 is 1.95 bits per heavy atom. The monoisotopic (exact) mass is 549 g/mol. The van der Waals surface area contributed by atoms with Crippen LogP contribution in [-0.2, 0) is 6.42 Å². The van der Waals surface area contributed by atoms with Crippen LogP contribution in [0, 0.1) is 5.92 Å². The second kappa shape index (κ2) is 8.50. The Balaban J connectivity index is 1.14. The summed E-state index contributed by atoms with van der Waals surface area (Å²) >= 11 is 6.34. The highest BCUT2D eigenvalue weighted by molar-refractivity contribution is 6.31. The Morgan fingerprint density at radius 3 is 2.80 bits per heavy atom. The fourth-order valence-corrected chi connectivity index (χ4v) is 6.56. The van der Waals surface area contributed by atoms with Crippen LogP contribution < -0.4 is 5.56 Å². The number of benzene rings is 2. The molecule has 10 heteroatoms. The van der Waals surface area contributed by atoms with Crippen LogP contribution in [0.1, 0.15) is 41.6 Å². The minimum atomic E-state index is -0.487. The van der Waals surface area contributed by atoms with Crippen molar-refractivity contribution in [1.82, 2.24) is 24.8 Å². The highest BCUT2D eigenvalue weighted by Gasteiger charge is 2.55. The maximum Gasteiger partial charge on any atom is 0.251 e. The lowest BCUT2D eigenvalue weighted by atomic mass is 9.94. The summed E-state index contributed by atoms with van der Waals surface area (Å²) < 4.78 is 18.7. The van der Waals surface area contributed by atoms with E-state index in [0.717, 1.165) is 57.7 Å². The second-order valence-corrected chi connectivity index (χ2v) is 11.2. The van der Waals surface area contributed by atoms with Crippen LogP contribution in [0.25, 0.3) is 22.4 Å². The lowest BCUT2D eigenvalue weighted by molar-refractivity contribution is 0.579. The van der Waals surface area contributed by atoms with Gasteiger partial charge in [-0.3, -0.25) is 9.79 Å². The summed E-state index contributed by atoms with van der Waals surface area (Å²) in [6.07, 6.45) is 5.30. The molecule has 0 bridgehead atoms. The summed E-state index contributed by atoms with van der Waals surface area (Å²) in [5.74, 6) is -0.0277. The lowest BCUT2D eigenvalue weighted by Crippen LogP contribution is -2.29. The van der Waals surface area contributed by atoms with E-state index in [4.69, 9.17) is 11.6 Å². The number of nitrogens with zero attached hydrogens (tertiary/aromatic N) is 7. The van der Waals surface area contributed by atoms with Crippen molar-refractivity contribution in [3.63, 3.8) is 0 Å². The second-order valence-electron chi connectivity index (χ2n) is 10.7. The summed E-state index contributed by atoms with van der Waals surface area (Å²) in [6, 6.07) is 14.6. The number of hydrogen-bond acceptors (Lipinski definition) is 6. The van der Waals surface area contributed by atoms with E-state index in [9.17, 15) is 4.79 Å². The molecule has 0 radical (unpaired) electrons. The van der Waals surface area contributed by atoms with Gasteiger partial charge in [0.15, 0.2) is 0 Å². The topological polar surface area (TPSA) is 90.3 Å². The van der Waals surface area contributed by atoms with Crippen molar-refractivity contribution in [1.29, 1.82) is 0 Å². The fourth-order valence-electron chi connectivity index (χ4n) is 6.39. The number of halogens is 2. The van der Waals surface area contributed by atoms with Crippen molar-refractivity contribution in [3.05, 3.63) is 105 Å². The van der Waals surface area contributed by atoms with Gasteiger partial charge in [-0.2, -0.15) is 9.07 Å². The van der Waals surface area contributed by atoms with Gasteiger partial charge in [-0.05, 0) is 75.4 Å². The van der Waals surface area contributed by atoms with Crippen molar-refractivity contribution in [2.45, 2.75) is 31.2 Å². The zero-order chi connectivity index (χ0) is 27.1. The van der Waals surface area contributed by atoms with E-state index in [-0.39, 0.29) is 23.4 Å². The first-order chi connectivity index (χ1) is 19.4. The molecule has 1 saturated carbocycles. The lowest BCUT2D eigenvalue weighted by Gasteiger charge is -2.20. The molecule has 4 aromatic rings. The standard InChI is InChI=1S/C30H21ClFN7O/c1-15-6-17-3-2-16(7-24(17)33-13-15)21-12-25(35-30(21)32)29-23-11-22(23)27-8-18(9-28(40)39(27)29)20-10-19(31)4-5-26(20)38-14-34-36-37-38/h2-5,7-10,13-14,22-23,29H,1,6,11-12H2. The summed E-state index contributed by atoms with van der Waals surface area (Å²) in [4.78, 5) is 22.5. The van der Waals surface area contributed by atoms with Gasteiger partial charge in [-0.25, -0.2) is 4.99 Å². The molecule has 3 unspecified atom stereocenters. The average molecular weight is 550 g/mol. The zero-order valence-electron chi connectivity index (χ0n) is 21.1. The normalized spacial score (nSPS) is 22.3. The summed E-state index contributed by atoms with van der Waals surface area (Å²) in [5, 5.41) is 12.0. The Hall–Kier alpha value is -4.50. The summed E-state index contributed by atoms with van der Waals surface area (Å²) in [5.41, 5.74) is 7.88. The van der Waals surface area contributed by atoms with Gasteiger partial charge in [0.2, 0.25) is 5.95 Å². The molecular weight excluding hydrogens is 529 g/mol. The third kappa shape index (κ3) is 3.57. The van der Waals surface area contributed by atoms with Crippen LogP contribution in [0.4, 0.5) is 10.1 Å². The zero-order valence-corrected chi connectivity index (χ0v) is 21.9. The van der Waals surface area contributed by atoms with E-state index < -0.39 is 5.95 Å². The first-order valence-corrected chi connectivity index (χ1v) is 13.4. The number of aliphatic imine (C=N–C) groups is 2. The SMILES string of the molecule is C=C1C=Nc2cc(C3=C(F)N=C(C4C5CC5c5cc(-c6cc(Cl)ccc6-n6cnnn6)cc(=O)n54)C3)ccc2C1. The Kier molecular flexibility index (Phi) is 4.97. The number of tetrazole rings is 1. The number of aromatic nitrogens is 5. The quantitative estimate of drug-likeness (QED) is 0.301. The molecular formula is C30H21ClFN7O. The molecule has 1 aliphatic carbocycles. The molecule has 3 aliphatic heterocycles. The highest BCUT2D eigenvalue weighted by Crippen LogP contribution is 2.60. The first-order valence-electron chi connectivity index (χ1n) is 13.1. The Labute approximate surface area is 232 Å². The molecule has 8 rings (SSSR count). The number of allylic oxidation sites excluding steroid dienone is 2. The number of hydrogen-bond donors (Lipinski definition) is 0. The third-order valence-electron chi connectivity index (χ3n) is 8.29. The number of rotatable bonds is 4. The number of pyridine rings is 1. The summed E-state index contributed by atoms with van der Waals surface area (Å²) in [7, 11) is 0. The van der Waals surface area contributed by atoms with Gasteiger partial charge >= 0.3 is 0 Å². The average Bonchev–Trinajstić information content (AvgIpc) is 3.24. The molecule has 2 aromatic carbocycles. The van der Waals surface area contributed by atoms with Gasteiger partial charge in [0.1, 0.15) is 6.33 Å². The third-order valence-corrected chi connectivity index (χ3v) is 8.53. The maximum atomic E-state index is 15.3. The molecule has 0 spiro atoms. The Morgan fingerprint density at radius 1 is 1.05 bits per heavy atom. The predicted molar refractivity (Wildman–Crippen MR) is 151 cm³/mol. The van der Waals surface area contributed by atoms with Crippen molar-refractivity contribution in [2.24, 2.45) is 15.9 Å². The van der Waals surface area contributed by atoms with Crippen LogP contribution in [-0.4, -0.2) is 36.7 Å². The largest absolute Gasteiger partial charge is 0.303 e. The minimum Gasteiger partial charge on any atom is -0.303 e. The summed E-state index contributed by atoms with van der Waals surface area (Å²) in [6.45, 7) is 3.98. The predicted octanol–water partition coefficient (Wildman–Crippen LogP) is 5.80. The molecule has 4 aliphatic rings. The van der Waals surface area contributed by atoms with Crippen molar-refractivity contribution >= 4 is 34.8 Å². The van der Waals surface area contributed by atoms with Crippen LogP contribution in [0.2, 0.25) is 5.02 Å². The van der Waals surface area contributed by atoms with Crippen LogP contribution >= 0.6 is 11.6 Å². The van der Waals surface area contributed by atoms with E-state index in [2.05, 4.69) is 32.1 Å². The van der Waals surface area contributed by atoms with Crippen LogP contribution in [0.5, 0.6) is 0 Å². The van der Waals surface area contributed by atoms with Crippen molar-refractivity contribution in [3.8, 4) is 16.8 Å². The molecule has 0 N–H and O–H groups in total. The van der Waals surface area contributed by atoms with Crippen LogP contribution in [0.15, 0.2) is 87.7 Å². The van der Waals surface area contributed by atoms with E-state index >= 15 is 4.39 Å². The molecule has 8 nitrogen and oxygen atoms in total. The van der Waals surface area contributed by atoms with Gasteiger partial charge in [0.25, 0.3) is 5.56 Å². The molecule has 40 heavy (non-hydrogen) atoms. The van der Waals surface area contributed by atoms with Gasteiger partial charge in [-0.1, -0.05) is 30.3 Å². The molecule has 0 saturated heterocycles. The Bertz CT molecular complexity index is 1920. The van der Waals surface area contributed by atoms with Crippen molar-refractivity contribution < 1.29 is 4.39 Å². The van der Waals surface area contributed by atoms with E-state index in [1.807, 2.05) is 36.4 Å². The fraction of sp³-hybridized carbons (Fsp3) is 0.200. The smallest absolute Gasteiger partial charge is 0.251 e. The van der Waals surface area contributed by atoms with E-state index in [0.29, 0.717) is 22.7 Å². The molecule has 2 aromatic heterocycles. The molecule has 196 valence electrons. The van der Waals surface area contributed by atoms with E-state index in [1.165, 1.54) is 6.33 Å². The van der Waals surface area contributed by atoms with Gasteiger partial charge < -0.3 is 4.57 Å². The highest BCUT2D eigenvalue weighted by atomic mass is 35.5. The minimum absolute atomic E-state index is 0.146. The van der Waals surface area contributed by atoms with Gasteiger partial charge in [0, 0.05) is 58.6 Å². The molecule has 3 atom stereocenters.